The zero-order chi connectivity index (χ0) is 55.6. The number of unbranched alkanes of at least 4 members (excludes halogenated alkanes) is 38. The van der Waals surface area contributed by atoms with Crippen molar-refractivity contribution < 1.29 is 42.1 Å². The van der Waals surface area contributed by atoms with E-state index >= 15 is 0 Å². The van der Waals surface area contributed by atoms with Gasteiger partial charge in [0.2, 0.25) is 0 Å². The zero-order valence-electron chi connectivity index (χ0n) is 50.7. The normalized spacial score (nSPS) is 13.5. The van der Waals surface area contributed by atoms with Gasteiger partial charge in [-0.3, -0.25) is 14.2 Å². The molecule has 0 aliphatic carbocycles. The molecule has 0 aliphatic heterocycles. The van der Waals surface area contributed by atoms with Crippen molar-refractivity contribution in [3.05, 3.63) is 48.6 Å². The molecule has 0 fully saturated rings. The molecular weight excluding hydrogens is 966 g/mol. The molecule has 10 heteroatoms. The summed E-state index contributed by atoms with van der Waals surface area (Å²) in [5, 5.41) is 0. The van der Waals surface area contributed by atoms with Crippen molar-refractivity contribution in [3.8, 4) is 0 Å². The predicted molar refractivity (Wildman–Crippen MR) is 324 cm³/mol. The summed E-state index contributed by atoms with van der Waals surface area (Å²) in [5.74, 6) is -0.839. The molecule has 0 saturated heterocycles. The van der Waals surface area contributed by atoms with Gasteiger partial charge < -0.3 is 27.9 Å². The summed E-state index contributed by atoms with van der Waals surface area (Å²) >= 11 is 0. The van der Waals surface area contributed by atoms with Crippen LogP contribution in [0.25, 0.3) is 0 Å². The molecule has 0 heterocycles. The third-order valence-electron chi connectivity index (χ3n) is 14.3. The number of carbonyl (C=O) groups excluding carboxylic acids is 2. The second kappa shape index (κ2) is 57.6. The Balaban J connectivity index is 3.86. The fourth-order valence-electron chi connectivity index (χ4n) is 9.32. The van der Waals surface area contributed by atoms with Crippen LogP contribution in [-0.4, -0.2) is 70.0 Å². The van der Waals surface area contributed by atoms with Crippen LogP contribution in [0.15, 0.2) is 48.6 Å². The van der Waals surface area contributed by atoms with E-state index in [2.05, 4.69) is 62.5 Å². The number of ether oxygens (including phenoxy) is 2. The van der Waals surface area contributed by atoms with Gasteiger partial charge in [-0.2, -0.15) is 0 Å². The standard InChI is InChI=1S/C66H124NO8P/c1-6-8-10-12-14-16-18-20-21-22-23-24-25-26-27-28-29-30-31-32-33-34-35-36-37-38-39-40-41-42-43-44-45-47-49-51-53-55-57-59-66(69)75-64(63-74-76(70,71)73-61-60-67(3,4)5)62-72-65(68)58-56-54-52-50-48-46-19-17-15-13-11-9-7-2/h11,13,17-20,22-23,64H,6-10,12,14-16,21,24-63H2,1-5H3/b13-11-,19-17-,20-18-,23-22-. The average molecular weight is 1090 g/mol. The van der Waals surface area contributed by atoms with E-state index in [0.717, 1.165) is 64.2 Å². The lowest BCUT2D eigenvalue weighted by atomic mass is 10.0. The molecule has 0 aromatic carbocycles. The molecule has 0 aromatic rings. The molecule has 0 amide bonds. The number of phosphoric acid groups is 1. The monoisotopic (exact) mass is 1090 g/mol. The van der Waals surface area contributed by atoms with Gasteiger partial charge in [0, 0.05) is 12.8 Å². The number of esters is 2. The van der Waals surface area contributed by atoms with Crippen molar-refractivity contribution >= 4 is 19.8 Å². The minimum Gasteiger partial charge on any atom is -0.756 e. The second-order valence-electron chi connectivity index (χ2n) is 23.1. The van der Waals surface area contributed by atoms with Crippen LogP contribution in [0.3, 0.4) is 0 Å². The summed E-state index contributed by atoms with van der Waals surface area (Å²) in [6, 6.07) is 0. The van der Waals surface area contributed by atoms with Crippen molar-refractivity contribution in [1.29, 1.82) is 0 Å². The van der Waals surface area contributed by atoms with Crippen LogP contribution < -0.4 is 4.89 Å². The van der Waals surface area contributed by atoms with E-state index in [4.69, 9.17) is 18.5 Å². The van der Waals surface area contributed by atoms with Crippen LogP contribution in [-0.2, 0) is 32.7 Å². The molecule has 0 radical (unpaired) electrons. The molecule has 2 atom stereocenters. The van der Waals surface area contributed by atoms with Crippen LogP contribution in [0.4, 0.5) is 0 Å². The molecule has 9 nitrogen and oxygen atoms in total. The Kier molecular flexibility index (Phi) is 56.1. The molecule has 0 rings (SSSR count). The lowest BCUT2D eigenvalue weighted by Gasteiger charge is -2.28. The van der Waals surface area contributed by atoms with Crippen LogP contribution >= 0.6 is 7.82 Å². The zero-order valence-corrected chi connectivity index (χ0v) is 51.6. The lowest BCUT2D eigenvalue weighted by molar-refractivity contribution is -0.870. The number of likely N-dealkylation sites (N-methyl/N-ethyl adjacent to an activating group) is 1. The fourth-order valence-corrected chi connectivity index (χ4v) is 10.0. The molecule has 446 valence electrons. The molecule has 0 aromatic heterocycles. The number of rotatable bonds is 60. The summed E-state index contributed by atoms with van der Waals surface area (Å²) in [7, 11) is 1.17. The highest BCUT2D eigenvalue weighted by atomic mass is 31.2. The van der Waals surface area contributed by atoms with Gasteiger partial charge in [-0.25, -0.2) is 0 Å². The van der Waals surface area contributed by atoms with E-state index in [1.165, 1.54) is 205 Å². The SMILES string of the molecule is CCC/C=C\C/C=C\CCCCCCCC(=O)OCC(COP(=O)([O-])OCC[N+](C)(C)C)OC(=O)CCCCCCCCCCCCCCCCCCCCCCCCCCCCC/C=C\C/C=C\CCCCCCC. The van der Waals surface area contributed by atoms with E-state index in [1.54, 1.807) is 0 Å². The highest BCUT2D eigenvalue weighted by Gasteiger charge is 2.22. The Morgan fingerprint density at radius 3 is 1.09 bits per heavy atom. The van der Waals surface area contributed by atoms with E-state index in [-0.39, 0.29) is 26.1 Å². The maximum atomic E-state index is 12.8. The third-order valence-corrected chi connectivity index (χ3v) is 15.3. The van der Waals surface area contributed by atoms with Crippen molar-refractivity contribution in [1.82, 2.24) is 0 Å². The van der Waals surface area contributed by atoms with Crippen molar-refractivity contribution in [2.24, 2.45) is 0 Å². The van der Waals surface area contributed by atoms with E-state index in [1.807, 2.05) is 21.1 Å². The minimum atomic E-state index is -4.64. The summed E-state index contributed by atoms with van der Waals surface area (Å²) in [5.41, 5.74) is 0. The van der Waals surface area contributed by atoms with Crippen molar-refractivity contribution in [3.63, 3.8) is 0 Å². The number of hydrogen-bond donors (Lipinski definition) is 0. The van der Waals surface area contributed by atoms with Gasteiger partial charge in [0.25, 0.3) is 7.82 Å². The highest BCUT2D eigenvalue weighted by molar-refractivity contribution is 7.45. The first kappa shape index (κ1) is 74.0. The molecule has 2 unspecified atom stereocenters. The van der Waals surface area contributed by atoms with Crippen molar-refractivity contribution in [2.45, 2.75) is 315 Å². The molecule has 0 aliphatic rings. The molecule has 0 bridgehead atoms. The topological polar surface area (TPSA) is 111 Å². The summed E-state index contributed by atoms with van der Waals surface area (Å²) in [4.78, 5) is 37.8. The fraction of sp³-hybridized carbons (Fsp3) is 0.848. The predicted octanol–water partition coefficient (Wildman–Crippen LogP) is 19.9. The van der Waals surface area contributed by atoms with E-state index in [9.17, 15) is 19.0 Å². The number of quaternary nitrogens is 1. The third kappa shape index (κ3) is 61.2. The largest absolute Gasteiger partial charge is 0.756 e. The van der Waals surface area contributed by atoms with Gasteiger partial charge in [-0.05, 0) is 70.6 Å². The Bertz CT molecular complexity index is 1420. The molecule has 0 N–H and O–H groups in total. The van der Waals surface area contributed by atoms with Gasteiger partial charge in [-0.15, -0.1) is 0 Å². The first-order chi connectivity index (χ1) is 37.0. The minimum absolute atomic E-state index is 0.0321. The van der Waals surface area contributed by atoms with Crippen LogP contribution in [0.5, 0.6) is 0 Å². The van der Waals surface area contributed by atoms with Gasteiger partial charge in [0.05, 0.1) is 27.7 Å². The smallest absolute Gasteiger partial charge is 0.306 e. The second-order valence-corrected chi connectivity index (χ2v) is 24.5. The number of nitrogens with zero attached hydrogens (tertiary/aromatic N) is 1. The maximum absolute atomic E-state index is 12.8. The van der Waals surface area contributed by atoms with Crippen LogP contribution in [0.1, 0.15) is 309 Å². The summed E-state index contributed by atoms with van der Waals surface area (Å²) < 4.78 is 34.1. The molecule has 76 heavy (non-hydrogen) atoms. The highest BCUT2D eigenvalue weighted by Crippen LogP contribution is 2.38. The molecule has 0 spiro atoms. The lowest BCUT2D eigenvalue weighted by Crippen LogP contribution is -2.37. The Hall–Kier alpha value is -2.03. The number of hydrogen-bond acceptors (Lipinski definition) is 8. The summed E-state index contributed by atoms with van der Waals surface area (Å²) in [6.07, 6.45) is 73.5. The molecule has 0 saturated carbocycles. The molecular formula is C66H124NO8P. The number of phosphoric ester groups is 1. The Morgan fingerprint density at radius 2 is 0.737 bits per heavy atom. The first-order valence-electron chi connectivity index (χ1n) is 32.3. The van der Waals surface area contributed by atoms with Crippen LogP contribution in [0, 0.1) is 0 Å². The number of allylic oxidation sites excluding steroid dienone is 8. The van der Waals surface area contributed by atoms with Gasteiger partial charge in [0.1, 0.15) is 19.8 Å². The van der Waals surface area contributed by atoms with Crippen LogP contribution in [0.2, 0.25) is 0 Å². The van der Waals surface area contributed by atoms with E-state index in [0.29, 0.717) is 23.9 Å². The summed E-state index contributed by atoms with van der Waals surface area (Å²) in [6.45, 7) is 4.18. The quantitative estimate of drug-likeness (QED) is 0.0195. The Labute approximate surface area is 471 Å². The number of carbonyl (C=O) groups is 2. The van der Waals surface area contributed by atoms with Gasteiger partial charge in [-0.1, -0.05) is 274 Å². The average Bonchev–Trinajstić information content (AvgIpc) is 3.38. The first-order valence-corrected chi connectivity index (χ1v) is 33.8. The van der Waals surface area contributed by atoms with Gasteiger partial charge >= 0.3 is 11.9 Å². The maximum Gasteiger partial charge on any atom is 0.306 e. The van der Waals surface area contributed by atoms with Gasteiger partial charge in [0.15, 0.2) is 6.10 Å². The van der Waals surface area contributed by atoms with E-state index < -0.39 is 32.5 Å². The van der Waals surface area contributed by atoms with Crippen molar-refractivity contribution in [2.75, 3.05) is 47.5 Å². The Morgan fingerprint density at radius 1 is 0.408 bits per heavy atom.